The molecule has 0 spiro atoms. The van der Waals surface area contributed by atoms with E-state index < -0.39 is 0 Å². The Hall–Kier alpha value is -1.64. The molecule has 0 saturated heterocycles. The van der Waals surface area contributed by atoms with E-state index in [1.807, 2.05) is 22.7 Å². The molecule has 2 aliphatic carbocycles. The third kappa shape index (κ3) is 2.46. The fraction of sp³-hybridized carbons (Fsp3) is 0.360. The summed E-state index contributed by atoms with van der Waals surface area (Å²) in [5.41, 5.74) is 6.66. The predicted molar refractivity (Wildman–Crippen MR) is 120 cm³/mol. The quantitative estimate of drug-likeness (QED) is 0.335. The van der Waals surface area contributed by atoms with Gasteiger partial charge in [-0.25, -0.2) is 0 Å². The predicted octanol–water partition coefficient (Wildman–Crippen LogP) is 7.88. The van der Waals surface area contributed by atoms with Crippen LogP contribution >= 0.6 is 22.7 Å². The molecule has 6 rings (SSSR count). The number of fused-ring (bicyclic) bond motifs is 8. The fourth-order valence-corrected chi connectivity index (χ4v) is 7.75. The van der Waals surface area contributed by atoms with E-state index in [4.69, 9.17) is 0 Å². The first kappa shape index (κ1) is 16.3. The van der Waals surface area contributed by atoms with E-state index in [2.05, 4.69) is 50.2 Å². The Bertz CT molecular complexity index is 1190. The third-order valence-electron chi connectivity index (χ3n) is 6.86. The second-order valence-corrected chi connectivity index (χ2v) is 11.0. The van der Waals surface area contributed by atoms with Crippen molar-refractivity contribution in [2.24, 2.45) is 0 Å². The van der Waals surface area contributed by atoms with Crippen molar-refractivity contribution >= 4 is 42.8 Å². The zero-order valence-corrected chi connectivity index (χ0v) is 17.6. The van der Waals surface area contributed by atoms with E-state index in [0.29, 0.717) is 0 Å². The van der Waals surface area contributed by atoms with Crippen LogP contribution in [0.4, 0.5) is 0 Å². The van der Waals surface area contributed by atoms with Crippen LogP contribution in [0, 0.1) is 13.8 Å². The van der Waals surface area contributed by atoms with Crippen molar-refractivity contribution in [3.63, 3.8) is 0 Å². The highest BCUT2D eigenvalue weighted by Gasteiger charge is 2.39. The largest absolute Gasteiger partial charge is 0.141 e. The molecular formula is C25H24S2. The first-order chi connectivity index (χ1) is 13.2. The van der Waals surface area contributed by atoms with Crippen molar-refractivity contribution in [3.8, 4) is 0 Å². The summed E-state index contributed by atoms with van der Waals surface area (Å²) in [5, 5.41) is 2.91. The minimum Gasteiger partial charge on any atom is -0.141 e. The maximum absolute atomic E-state index is 2.47. The van der Waals surface area contributed by atoms with Crippen LogP contribution in [0.15, 0.2) is 36.4 Å². The number of rotatable bonds is 3. The summed E-state index contributed by atoms with van der Waals surface area (Å²) in [5.74, 6) is 1.72. The summed E-state index contributed by atoms with van der Waals surface area (Å²) in [6, 6.07) is 14.3. The van der Waals surface area contributed by atoms with Gasteiger partial charge < -0.3 is 0 Å². The van der Waals surface area contributed by atoms with Gasteiger partial charge in [-0.1, -0.05) is 12.1 Å². The highest BCUT2D eigenvalue weighted by molar-refractivity contribution is 7.21. The number of hydrogen-bond donors (Lipinski definition) is 0. The second-order valence-electron chi connectivity index (χ2n) is 8.53. The van der Waals surface area contributed by atoms with Gasteiger partial charge >= 0.3 is 0 Å². The Morgan fingerprint density at radius 3 is 2.41 bits per heavy atom. The highest BCUT2D eigenvalue weighted by Crippen LogP contribution is 2.55. The number of thiophene rings is 2. The molecule has 2 atom stereocenters. The lowest BCUT2D eigenvalue weighted by molar-refractivity contribution is 0.704. The van der Waals surface area contributed by atoms with Gasteiger partial charge in [-0.15, -0.1) is 22.7 Å². The Kier molecular flexibility index (Phi) is 3.58. The van der Waals surface area contributed by atoms with Crippen LogP contribution in [0.25, 0.3) is 20.2 Å². The molecule has 0 aliphatic heterocycles. The lowest BCUT2D eigenvalue weighted by Crippen LogP contribution is -2.05. The molecule has 2 aromatic heterocycles. The Morgan fingerprint density at radius 1 is 0.815 bits per heavy atom. The van der Waals surface area contributed by atoms with Crippen LogP contribution in [0.1, 0.15) is 63.1 Å². The average molecular weight is 389 g/mol. The van der Waals surface area contributed by atoms with E-state index in [9.17, 15) is 0 Å². The van der Waals surface area contributed by atoms with Crippen molar-refractivity contribution in [2.75, 3.05) is 0 Å². The standard InChI is InChI=1S/C25H24S2/c1-14-3-4-16(25-18-6-5-17(12-18)24(14)25)7-8-19-13-21-20-11-15(2)26-22(20)9-10-23(21)27-19/h3-4,9-11,13,17-18H,5-8,12H2,1-2H3. The maximum atomic E-state index is 2.47. The van der Waals surface area contributed by atoms with Gasteiger partial charge in [-0.05, 0) is 104 Å². The normalized spacial score (nSPS) is 20.8. The van der Waals surface area contributed by atoms with Crippen LogP contribution < -0.4 is 0 Å². The minimum atomic E-state index is 0.857. The van der Waals surface area contributed by atoms with E-state index >= 15 is 0 Å². The van der Waals surface area contributed by atoms with Gasteiger partial charge in [0.05, 0.1) is 0 Å². The molecular weight excluding hydrogens is 364 g/mol. The molecule has 4 aromatic rings. The summed E-state index contributed by atoms with van der Waals surface area (Å²) in [4.78, 5) is 2.95. The summed E-state index contributed by atoms with van der Waals surface area (Å²) in [7, 11) is 0. The lowest BCUT2D eigenvalue weighted by Gasteiger charge is -2.21. The monoisotopic (exact) mass is 388 g/mol. The van der Waals surface area contributed by atoms with Gasteiger partial charge in [0.25, 0.3) is 0 Å². The molecule has 1 fully saturated rings. The third-order valence-corrected chi connectivity index (χ3v) is 9.03. The van der Waals surface area contributed by atoms with Crippen molar-refractivity contribution in [1.82, 2.24) is 0 Å². The summed E-state index contributed by atoms with van der Waals surface area (Å²) >= 11 is 3.91. The van der Waals surface area contributed by atoms with Gasteiger partial charge in [0.1, 0.15) is 0 Å². The van der Waals surface area contributed by atoms with Crippen LogP contribution in [0.5, 0.6) is 0 Å². The molecule has 27 heavy (non-hydrogen) atoms. The van der Waals surface area contributed by atoms with E-state index in [0.717, 1.165) is 11.8 Å². The molecule has 2 heteroatoms. The molecule has 0 nitrogen and oxygen atoms in total. The molecule has 2 bridgehead atoms. The van der Waals surface area contributed by atoms with Crippen molar-refractivity contribution in [3.05, 3.63) is 68.4 Å². The maximum Gasteiger partial charge on any atom is 0.0352 e. The summed E-state index contributed by atoms with van der Waals surface area (Å²) in [6.45, 7) is 4.54. The van der Waals surface area contributed by atoms with Gasteiger partial charge in [0, 0.05) is 29.9 Å². The summed E-state index contributed by atoms with van der Waals surface area (Å²) < 4.78 is 2.88. The van der Waals surface area contributed by atoms with E-state index in [1.165, 1.54) is 62.7 Å². The van der Waals surface area contributed by atoms with E-state index in [1.54, 1.807) is 21.6 Å². The lowest BCUT2D eigenvalue weighted by atomic mass is 9.84. The highest BCUT2D eigenvalue weighted by atomic mass is 32.1. The van der Waals surface area contributed by atoms with Crippen LogP contribution in [-0.4, -0.2) is 0 Å². The Morgan fingerprint density at radius 2 is 1.56 bits per heavy atom. The molecule has 0 radical (unpaired) electrons. The van der Waals surface area contributed by atoms with Crippen molar-refractivity contribution in [2.45, 2.75) is 57.8 Å². The SMILES string of the molecule is Cc1cc2c(ccc3sc(CCc4ccc(C)c5c4C4CCC5C4)cc32)s1. The van der Waals surface area contributed by atoms with Gasteiger partial charge in [0.15, 0.2) is 0 Å². The molecule has 2 heterocycles. The van der Waals surface area contributed by atoms with Crippen LogP contribution in [-0.2, 0) is 12.8 Å². The molecule has 2 aliphatic rings. The molecule has 136 valence electrons. The van der Waals surface area contributed by atoms with Gasteiger partial charge in [-0.3, -0.25) is 0 Å². The average Bonchev–Trinajstić information content (AvgIpc) is 3.42. The minimum absolute atomic E-state index is 0.857. The van der Waals surface area contributed by atoms with Crippen LogP contribution in [0.2, 0.25) is 0 Å². The molecule has 0 N–H and O–H groups in total. The molecule has 2 unspecified atom stereocenters. The summed E-state index contributed by atoms with van der Waals surface area (Å²) in [6.07, 6.45) is 6.65. The second kappa shape index (κ2) is 5.93. The fourth-order valence-electron chi connectivity index (χ4n) is 5.73. The Labute approximate surface area is 168 Å². The molecule has 0 amide bonds. The zero-order valence-electron chi connectivity index (χ0n) is 16.0. The smallest absolute Gasteiger partial charge is 0.0352 e. The van der Waals surface area contributed by atoms with Crippen molar-refractivity contribution < 1.29 is 0 Å². The Balaban J connectivity index is 1.34. The van der Waals surface area contributed by atoms with Gasteiger partial charge in [-0.2, -0.15) is 0 Å². The van der Waals surface area contributed by atoms with Crippen molar-refractivity contribution in [1.29, 1.82) is 0 Å². The van der Waals surface area contributed by atoms with Gasteiger partial charge in [0.2, 0.25) is 0 Å². The first-order valence-electron chi connectivity index (χ1n) is 10.2. The topological polar surface area (TPSA) is 0 Å². The van der Waals surface area contributed by atoms with Crippen LogP contribution in [0.3, 0.4) is 0 Å². The number of hydrogen-bond acceptors (Lipinski definition) is 2. The molecule has 1 saturated carbocycles. The zero-order chi connectivity index (χ0) is 18.1. The molecule has 2 aromatic carbocycles. The first-order valence-corrected chi connectivity index (χ1v) is 11.8. The number of aryl methyl sites for hydroxylation is 4. The number of benzene rings is 2. The van der Waals surface area contributed by atoms with E-state index in [-0.39, 0.29) is 0 Å².